The minimum atomic E-state index is -0.709. The maximum absolute atomic E-state index is 10.7. The third kappa shape index (κ3) is 2.38. The van der Waals surface area contributed by atoms with Crippen LogP contribution in [0.1, 0.15) is 38.5 Å². The fraction of sp³-hybridized carbons (Fsp3) is 0.467. The van der Waals surface area contributed by atoms with Gasteiger partial charge in [-0.3, -0.25) is 0 Å². The molecule has 0 spiro atoms. The van der Waals surface area contributed by atoms with Crippen LogP contribution >= 0.6 is 11.3 Å². The summed E-state index contributed by atoms with van der Waals surface area (Å²) in [6.45, 7) is 6.24. The van der Waals surface area contributed by atoms with Crippen LogP contribution in [0.3, 0.4) is 0 Å². The maximum Gasteiger partial charge on any atom is 0.0985 e. The van der Waals surface area contributed by atoms with Gasteiger partial charge in [0.25, 0.3) is 0 Å². The van der Waals surface area contributed by atoms with Gasteiger partial charge >= 0.3 is 0 Å². The summed E-state index contributed by atoms with van der Waals surface area (Å²) in [4.78, 5) is 1.08. The molecule has 1 heterocycles. The number of fused-ring (bicyclic) bond motifs is 1. The average molecular weight is 248 g/mol. The largest absolute Gasteiger partial charge is 0.384 e. The Bertz CT molecular complexity index is 465. The highest BCUT2D eigenvalue weighted by Gasteiger charge is 2.31. The van der Waals surface area contributed by atoms with Crippen LogP contribution in [0.4, 0.5) is 0 Å². The number of rotatable bonds is 4. The van der Waals surface area contributed by atoms with Gasteiger partial charge in [0, 0.05) is 9.58 Å². The lowest BCUT2D eigenvalue weighted by molar-refractivity contribution is 0.00134. The van der Waals surface area contributed by atoms with Crippen LogP contribution in [0.25, 0.3) is 10.1 Å². The third-order valence-electron chi connectivity index (χ3n) is 3.61. The molecule has 0 saturated carbocycles. The van der Waals surface area contributed by atoms with Crippen LogP contribution in [-0.2, 0) is 5.60 Å². The van der Waals surface area contributed by atoms with Gasteiger partial charge < -0.3 is 5.11 Å². The molecule has 0 aliphatic heterocycles. The van der Waals surface area contributed by atoms with Crippen LogP contribution in [-0.4, -0.2) is 5.11 Å². The summed E-state index contributed by atoms with van der Waals surface area (Å²) in [5.74, 6) is 0.292. The highest BCUT2D eigenvalue weighted by Crippen LogP contribution is 2.38. The van der Waals surface area contributed by atoms with Gasteiger partial charge in [0.2, 0.25) is 0 Å². The average Bonchev–Trinajstić information content (AvgIpc) is 2.73. The molecule has 0 bridgehead atoms. The van der Waals surface area contributed by atoms with Crippen molar-refractivity contribution in [2.45, 2.75) is 39.2 Å². The zero-order valence-corrected chi connectivity index (χ0v) is 11.6. The zero-order chi connectivity index (χ0) is 12.5. The van der Waals surface area contributed by atoms with E-state index < -0.39 is 5.60 Å². The first-order chi connectivity index (χ1) is 8.05. The Labute approximate surface area is 107 Å². The Morgan fingerprint density at radius 3 is 2.71 bits per heavy atom. The first-order valence-corrected chi connectivity index (χ1v) is 7.08. The molecule has 2 unspecified atom stereocenters. The Kier molecular flexibility index (Phi) is 3.55. The normalized spacial score (nSPS) is 16.9. The molecule has 92 valence electrons. The Balaban J connectivity index is 2.38. The van der Waals surface area contributed by atoms with Crippen molar-refractivity contribution in [1.82, 2.24) is 0 Å². The second-order valence-electron chi connectivity index (χ2n) is 4.99. The minimum absolute atomic E-state index is 0.292. The van der Waals surface area contributed by atoms with Crippen molar-refractivity contribution < 1.29 is 5.11 Å². The van der Waals surface area contributed by atoms with E-state index in [2.05, 4.69) is 32.0 Å². The first kappa shape index (κ1) is 12.6. The standard InChI is InChI=1S/C15H20OS/c1-4-7-11(2)15(3,16)14-10-12-8-5-6-9-13(12)17-14/h5-6,8-11,16H,4,7H2,1-3H3. The fourth-order valence-electron chi connectivity index (χ4n) is 2.19. The predicted octanol–water partition coefficient (Wildman–Crippen LogP) is 4.55. The van der Waals surface area contributed by atoms with Crippen molar-refractivity contribution >= 4 is 21.4 Å². The van der Waals surface area contributed by atoms with Crippen molar-refractivity contribution in [2.75, 3.05) is 0 Å². The highest BCUT2D eigenvalue weighted by molar-refractivity contribution is 7.19. The Morgan fingerprint density at radius 1 is 1.35 bits per heavy atom. The van der Waals surface area contributed by atoms with E-state index in [0.717, 1.165) is 17.7 Å². The first-order valence-electron chi connectivity index (χ1n) is 6.27. The maximum atomic E-state index is 10.7. The van der Waals surface area contributed by atoms with Gasteiger partial charge in [-0.1, -0.05) is 38.5 Å². The van der Waals surface area contributed by atoms with Crippen molar-refractivity contribution in [2.24, 2.45) is 5.92 Å². The SMILES string of the molecule is CCCC(C)C(C)(O)c1cc2ccccc2s1. The molecule has 0 fully saturated rings. The Hall–Kier alpha value is -0.860. The van der Waals surface area contributed by atoms with Crippen LogP contribution in [0, 0.1) is 5.92 Å². The number of benzene rings is 1. The number of hydrogen-bond acceptors (Lipinski definition) is 2. The lowest BCUT2D eigenvalue weighted by atomic mass is 9.86. The summed E-state index contributed by atoms with van der Waals surface area (Å²) in [5, 5.41) is 11.9. The lowest BCUT2D eigenvalue weighted by Crippen LogP contribution is -2.28. The van der Waals surface area contributed by atoms with Gasteiger partial charge in [0.1, 0.15) is 0 Å². The smallest absolute Gasteiger partial charge is 0.0985 e. The molecule has 2 rings (SSSR count). The van der Waals surface area contributed by atoms with Crippen LogP contribution in [0.2, 0.25) is 0 Å². The summed E-state index contributed by atoms with van der Waals surface area (Å²) in [6, 6.07) is 10.4. The van der Waals surface area contributed by atoms with E-state index in [9.17, 15) is 5.11 Å². The van der Waals surface area contributed by atoms with Crippen LogP contribution in [0.5, 0.6) is 0 Å². The van der Waals surface area contributed by atoms with E-state index in [0.29, 0.717) is 5.92 Å². The highest BCUT2D eigenvalue weighted by atomic mass is 32.1. The quantitative estimate of drug-likeness (QED) is 0.842. The molecule has 1 aromatic heterocycles. The van der Waals surface area contributed by atoms with E-state index in [-0.39, 0.29) is 0 Å². The molecule has 2 heteroatoms. The molecular formula is C15H20OS. The number of aliphatic hydroxyl groups is 1. The minimum Gasteiger partial charge on any atom is -0.384 e. The molecule has 0 radical (unpaired) electrons. The number of hydrogen-bond donors (Lipinski definition) is 1. The summed E-state index contributed by atoms with van der Waals surface area (Å²) in [5.41, 5.74) is -0.709. The van der Waals surface area contributed by atoms with Crippen molar-refractivity contribution in [3.63, 3.8) is 0 Å². The van der Waals surface area contributed by atoms with Gasteiger partial charge in [0.15, 0.2) is 0 Å². The summed E-state index contributed by atoms with van der Waals surface area (Å²) < 4.78 is 1.26. The van der Waals surface area contributed by atoms with Gasteiger partial charge in [-0.15, -0.1) is 11.3 Å². The second kappa shape index (κ2) is 4.79. The second-order valence-corrected chi connectivity index (χ2v) is 6.07. The topological polar surface area (TPSA) is 20.2 Å². The monoisotopic (exact) mass is 248 g/mol. The van der Waals surface area contributed by atoms with E-state index >= 15 is 0 Å². The van der Waals surface area contributed by atoms with E-state index in [1.165, 1.54) is 10.1 Å². The summed E-state index contributed by atoms with van der Waals surface area (Å²) in [7, 11) is 0. The van der Waals surface area contributed by atoms with Crippen molar-refractivity contribution in [1.29, 1.82) is 0 Å². The lowest BCUT2D eigenvalue weighted by Gasteiger charge is -2.29. The molecular weight excluding hydrogens is 228 g/mol. The van der Waals surface area contributed by atoms with Crippen molar-refractivity contribution in [3.05, 3.63) is 35.2 Å². The van der Waals surface area contributed by atoms with Gasteiger partial charge in [-0.25, -0.2) is 0 Å². The molecule has 0 saturated heterocycles. The summed E-state index contributed by atoms with van der Waals surface area (Å²) >= 11 is 1.71. The number of thiophene rings is 1. The molecule has 1 N–H and O–H groups in total. The molecule has 2 aromatic rings. The molecule has 2 atom stereocenters. The fourth-order valence-corrected chi connectivity index (χ4v) is 3.41. The molecule has 0 amide bonds. The van der Waals surface area contributed by atoms with Crippen LogP contribution in [0.15, 0.2) is 30.3 Å². The van der Waals surface area contributed by atoms with Crippen LogP contribution < -0.4 is 0 Å². The van der Waals surface area contributed by atoms with E-state index in [1.807, 2.05) is 19.1 Å². The predicted molar refractivity (Wildman–Crippen MR) is 75.5 cm³/mol. The van der Waals surface area contributed by atoms with E-state index in [4.69, 9.17) is 0 Å². The van der Waals surface area contributed by atoms with Crippen molar-refractivity contribution in [3.8, 4) is 0 Å². The molecule has 0 aliphatic carbocycles. The Morgan fingerprint density at radius 2 is 2.06 bits per heavy atom. The molecule has 17 heavy (non-hydrogen) atoms. The van der Waals surface area contributed by atoms with Gasteiger partial charge in [0.05, 0.1) is 5.60 Å². The summed E-state index contributed by atoms with van der Waals surface area (Å²) in [6.07, 6.45) is 2.17. The molecule has 1 aromatic carbocycles. The zero-order valence-electron chi connectivity index (χ0n) is 10.7. The third-order valence-corrected chi connectivity index (χ3v) is 4.95. The van der Waals surface area contributed by atoms with Gasteiger partial charge in [-0.2, -0.15) is 0 Å². The van der Waals surface area contributed by atoms with Gasteiger partial charge in [-0.05, 0) is 36.8 Å². The molecule has 0 aliphatic rings. The molecule has 1 nitrogen and oxygen atoms in total. The van der Waals surface area contributed by atoms with E-state index in [1.54, 1.807) is 11.3 Å².